The third-order valence-corrected chi connectivity index (χ3v) is 12.1. The fraction of sp³-hybridized carbons (Fsp3) is 0.0488. The smallest absolute Gasteiger partial charge is 0.337 e. The van der Waals surface area contributed by atoms with Crippen LogP contribution in [0.5, 0.6) is 0 Å². The van der Waals surface area contributed by atoms with Gasteiger partial charge >= 0.3 is 18.0 Å². The minimum atomic E-state index is -3.94. The van der Waals surface area contributed by atoms with Gasteiger partial charge in [0.15, 0.2) is 9.84 Å². The van der Waals surface area contributed by atoms with E-state index in [0.29, 0.717) is 33.4 Å². The van der Waals surface area contributed by atoms with E-state index in [1.54, 1.807) is 66.7 Å². The van der Waals surface area contributed by atoms with Crippen LogP contribution < -0.4 is 20.7 Å². The number of fused-ring (bicyclic) bond motifs is 2. The molecule has 0 saturated heterocycles. The summed E-state index contributed by atoms with van der Waals surface area (Å²) in [4.78, 5) is 35.7. The summed E-state index contributed by atoms with van der Waals surface area (Å²) < 4.78 is 54.8. The number of sulfonamides is 1. The Morgan fingerprint density at radius 2 is 1.10 bits per heavy atom. The van der Waals surface area contributed by atoms with Crippen LogP contribution in [0.4, 0.5) is 21.9 Å². The standard InChI is InChI=1S/C41H32Cl2N4O9S2/c42-37-14-4-25(19-35(37)39(48)49)3-1-17-45-58(55,56)34-13-8-27-6-10-32(21-29(27)23-34)47-41(52)46-31-9-5-26-7-12-33(22-28(26)20-31)57(53,54)18-2-16-44-30-11-15-38(43)36(24-30)40(50)51/h1-15,18-24,44-45H,16-17H2,(H,48,49)(H,50,51)(H2,46,47,52). The summed E-state index contributed by atoms with van der Waals surface area (Å²) in [5.74, 6) is -2.37. The van der Waals surface area contributed by atoms with Crippen LogP contribution in [0, 0.1) is 0 Å². The summed E-state index contributed by atoms with van der Waals surface area (Å²) in [6.45, 7) is 0.0230. The van der Waals surface area contributed by atoms with Gasteiger partial charge < -0.3 is 26.2 Å². The molecule has 13 nitrogen and oxygen atoms in total. The molecule has 296 valence electrons. The minimum Gasteiger partial charge on any atom is -0.478 e. The Kier molecular flexibility index (Phi) is 12.5. The largest absolute Gasteiger partial charge is 0.478 e. The maximum Gasteiger partial charge on any atom is 0.337 e. The van der Waals surface area contributed by atoms with Gasteiger partial charge in [-0.2, -0.15) is 0 Å². The Labute approximate surface area is 342 Å². The number of hydrogen-bond donors (Lipinski definition) is 6. The van der Waals surface area contributed by atoms with Gasteiger partial charge in [-0.1, -0.05) is 71.8 Å². The molecule has 0 aliphatic heterocycles. The predicted octanol–water partition coefficient (Wildman–Crippen LogP) is 8.73. The van der Waals surface area contributed by atoms with E-state index in [9.17, 15) is 41.4 Å². The molecule has 0 bridgehead atoms. The topological polar surface area (TPSA) is 208 Å². The summed E-state index contributed by atoms with van der Waals surface area (Å²) in [5.41, 5.74) is 1.59. The van der Waals surface area contributed by atoms with Crippen molar-refractivity contribution in [3.63, 3.8) is 0 Å². The Morgan fingerprint density at radius 3 is 1.72 bits per heavy atom. The van der Waals surface area contributed by atoms with Gasteiger partial charge in [-0.05, 0) is 106 Å². The highest BCUT2D eigenvalue weighted by Gasteiger charge is 2.16. The number of benzene rings is 6. The summed E-state index contributed by atoms with van der Waals surface area (Å²) in [6, 6.07) is 27.4. The number of sulfone groups is 1. The molecule has 6 aromatic rings. The molecule has 0 atom stereocenters. The molecule has 0 spiro atoms. The van der Waals surface area contributed by atoms with Gasteiger partial charge in [0.1, 0.15) is 0 Å². The molecule has 0 aromatic heterocycles. The maximum absolute atomic E-state index is 13.1. The van der Waals surface area contributed by atoms with Crippen molar-refractivity contribution in [3.05, 3.63) is 153 Å². The van der Waals surface area contributed by atoms with Gasteiger partial charge in [-0.15, -0.1) is 0 Å². The molecule has 0 radical (unpaired) electrons. The second-order valence-corrected chi connectivity index (χ2v) is 17.0. The monoisotopic (exact) mass is 858 g/mol. The van der Waals surface area contributed by atoms with Crippen molar-refractivity contribution in [2.45, 2.75) is 9.79 Å². The zero-order chi connectivity index (χ0) is 41.6. The molecule has 0 heterocycles. The maximum atomic E-state index is 13.1. The van der Waals surface area contributed by atoms with E-state index in [0.717, 1.165) is 16.2 Å². The first-order valence-electron chi connectivity index (χ1n) is 17.1. The van der Waals surface area contributed by atoms with Crippen LogP contribution in [0.25, 0.3) is 27.6 Å². The molecule has 6 N–H and O–H groups in total. The predicted molar refractivity (Wildman–Crippen MR) is 226 cm³/mol. The van der Waals surface area contributed by atoms with Gasteiger partial charge in [0.25, 0.3) is 0 Å². The van der Waals surface area contributed by atoms with Crippen LogP contribution in [-0.4, -0.2) is 58.1 Å². The van der Waals surface area contributed by atoms with Crippen molar-refractivity contribution in [2.75, 3.05) is 29.0 Å². The lowest BCUT2D eigenvalue weighted by Gasteiger charge is -2.11. The third-order valence-electron chi connectivity index (χ3n) is 8.60. The number of rotatable bonds is 14. The lowest BCUT2D eigenvalue weighted by Crippen LogP contribution is -2.23. The molecule has 0 aliphatic carbocycles. The first-order valence-corrected chi connectivity index (χ1v) is 20.9. The Balaban J connectivity index is 1.08. The van der Waals surface area contributed by atoms with Crippen molar-refractivity contribution in [2.24, 2.45) is 0 Å². The first kappa shape index (κ1) is 41.4. The van der Waals surface area contributed by atoms with E-state index in [4.69, 9.17) is 23.2 Å². The zero-order valence-corrected chi connectivity index (χ0v) is 33.1. The van der Waals surface area contributed by atoms with Crippen LogP contribution >= 0.6 is 23.2 Å². The summed E-state index contributed by atoms with van der Waals surface area (Å²) >= 11 is 11.8. The summed E-state index contributed by atoms with van der Waals surface area (Å²) in [7, 11) is -7.81. The van der Waals surface area contributed by atoms with E-state index in [-0.39, 0.29) is 44.1 Å². The second-order valence-electron chi connectivity index (χ2n) is 12.6. The van der Waals surface area contributed by atoms with Crippen LogP contribution in [0.2, 0.25) is 10.0 Å². The lowest BCUT2D eigenvalue weighted by atomic mass is 10.1. The third kappa shape index (κ3) is 10.2. The van der Waals surface area contributed by atoms with Crippen LogP contribution in [0.15, 0.2) is 137 Å². The number of carbonyl (C=O) groups is 3. The van der Waals surface area contributed by atoms with Gasteiger partial charge in [-0.3, -0.25) is 0 Å². The highest BCUT2D eigenvalue weighted by Crippen LogP contribution is 2.26. The van der Waals surface area contributed by atoms with Crippen molar-refractivity contribution in [1.29, 1.82) is 0 Å². The minimum absolute atomic E-state index is 0.00613. The van der Waals surface area contributed by atoms with Gasteiger partial charge in [0.05, 0.1) is 31.0 Å². The molecule has 17 heteroatoms. The Bertz CT molecular complexity index is 2900. The number of anilines is 3. The zero-order valence-electron chi connectivity index (χ0n) is 29.9. The molecule has 0 saturated carbocycles. The van der Waals surface area contributed by atoms with Crippen molar-refractivity contribution in [1.82, 2.24) is 4.72 Å². The van der Waals surface area contributed by atoms with E-state index >= 15 is 0 Å². The van der Waals surface area contributed by atoms with Crippen molar-refractivity contribution >= 4 is 106 Å². The molecular weight excluding hydrogens is 828 g/mol. The van der Waals surface area contributed by atoms with Crippen LogP contribution in [0.3, 0.4) is 0 Å². The van der Waals surface area contributed by atoms with Crippen molar-refractivity contribution in [3.8, 4) is 0 Å². The SMILES string of the molecule is O=C(Nc1ccc2ccc(S(=O)(=O)C=CCNc3ccc(Cl)c(C(=O)O)c3)cc2c1)Nc1ccc2ccc(S(=O)(=O)NCC=Cc3ccc(Cl)c(C(=O)O)c3)cc2c1. The second kappa shape index (κ2) is 17.5. The molecule has 0 fully saturated rings. The number of carboxylic acids is 2. The molecule has 0 unspecified atom stereocenters. The summed E-state index contributed by atoms with van der Waals surface area (Å²) in [5, 5.41) is 30.7. The highest BCUT2D eigenvalue weighted by molar-refractivity contribution is 7.94. The molecule has 2 amide bonds. The quantitative estimate of drug-likeness (QED) is 0.0614. The van der Waals surface area contributed by atoms with E-state index in [1.807, 2.05) is 0 Å². The number of nitrogens with one attached hydrogen (secondary N) is 4. The Hall–Kier alpha value is -6.23. The van der Waals surface area contributed by atoms with Crippen LogP contribution in [-0.2, 0) is 19.9 Å². The number of aromatic carboxylic acids is 2. The lowest BCUT2D eigenvalue weighted by molar-refractivity contribution is 0.0686. The number of urea groups is 1. The number of hydrogen-bond acceptors (Lipinski definition) is 8. The van der Waals surface area contributed by atoms with Gasteiger partial charge in [0.2, 0.25) is 10.0 Å². The average molecular weight is 860 g/mol. The fourth-order valence-electron chi connectivity index (χ4n) is 5.72. The number of amides is 2. The molecule has 6 aromatic carbocycles. The van der Waals surface area contributed by atoms with E-state index in [2.05, 4.69) is 20.7 Å². The normalized spacial score (nSPS) is 12.0. The number of halogens is 2. The molecule has 0 aliphatic rings. The van der Waals surface area contributed by atoms with Gasteiger partial charge in [-0.25, -0.2) is 35.9 Å². The van der Waals surface area contributed by atoms with E-state index < -0.39 is 37.8 Å². The fourth-order valence-corrected chi connectivity index (χ4v) is 8.18. The molecular formula is C41H32Cl2N4O9S2. The Morgan fingerprint density at radius 1 is 0.569 bits per heavy atom. The van der Waals surface area contributed by atoms with E-state index in [1.165, 1.54) is 60.7 Å². The summed E-state index contributed by atoms with van der Waals surface area (Å²) in [6.07, 6.45) is 4.50. The highest BCUT2D eigenvalue weighted by atomic mass is 35.5. The number of carbonyl (C=O) groups excluding carboxylic acids is 1. The molecule has 6 rings (SSSR count). The van der Waals surface area contributed by atoms with Crippen molar-refractivity contribution < 1.29 is 41.4 Å². The first-order chi connectivity index (χ1) is 27.6. The van der Waals surface area contributed by atoms with Crippen LogP contribution in [0.1, 0.15) is 26.3 Å². The average Bonchev–Trinajstić information content (AvgIpc) is 3.18. The molecule has 58 heavy (non-hydrogen) atoms. The van der Waals surface area contributed by atoms with Gasteiger partial charge in [0, 0.05) is 35.6 Å². The number of carboxylic acid groups (broad SMARTS) is 2.